The number of rotatable bonds is 10. The number of nitrogens with one attached hydrogen (secondary N) is 3. The molecule has 6 rings (SSSR count). The Labute approximate surface area is 253 Å². The highest BCUT2D eigenvalue weighted by molar-refractivity contribution is 6.30. The molecular formula is C32H28ClN7O3. The maximum atomic E-state index is 6.15. The van der Waals surface area contributed by atoms with E-state index < -0.39 is 0 Å². The molecule has 1 aromatic heterocycles. The number of ether oxygens (including phenoxy) is 2. The topological polar surface area (TPSA) is 115 Å². The lowest BCUT2D eigenvalue weighted by molar-refractivity contribution is 0.0857. The van der Waals surface area contributed by atoms with Crippen molar-refractivity contribution in [3.05, 3.63) is 113 Å². The zero-order chi connectivity index (χ0) is 29.6. The average molecular weight is 594 g/mol. The SMILES string of the molecule is COc1ccc(Nc2nc(Nc3ccc(OC)cc3)nc(Nc3ccc(C4=NOC(c5cccc(Cl)c5)C4)cc3)n2)cc1. The summed E-state index contributed by atoms with van der Waals surface area (Å²) < 4.78 is 10.5. The first-order chi connectivity index (χ1) is 21.0. The van der Waals surface area contributed by atoms with Crippen LogP contribution in [0, 0.1) is 0 Å². The van der Waals surface area contributed by atoms with Crippen LogP contribution in [0.1, 0.15) is 23.7 Å². The third kappa shape index (κ3) is 6.94. The number of aromatic nitrogens is 3. The Balaban J connectivity index is 1.19. The summed E-state index contributed by atoms with van der Waals surface area (Å²) in [5, 5.41) is 14.8. The maximum absolute atomic E-state index is 6.15. The van der Waals surface area contributed by atoms with Gasteiger partial charge in [-0.3, -0.25) is 0 Å². The van der Waals surface area contributed by atoms with Crippen LogP contribution in [0.4, 0.5) is 34.9 Å². The summed E-state index contributed by atoms with van der Waals surface area (Å²) in [6, 6.07) is 30.5. The molecule has 0 saturated heterocycles. The van der Waals surface area contributed by atoms with E-state index in [1.54, 1.807) is 14.2 Å². The molecule has 43 heavy (non-hydrogen) atoms. The summed E-state index contributed by atoms with van der Waals surface area (Å²) in [5.74, 6) is 2.59. The Hall–Kier alpha value is -5.35. The molecule has 4 aromatic carbocycles. The van der Waals surface area contributed by atoms with Crippen molar-refractivity contribution in [3.8, 4) is 11.5 Å². The van der Waals surface area contributed by atoms with E-state index in [1.807, 2.05) is 97.1 Å². The van der Waals surface area contributed by atoms with Gasteiger partial charge in [0.1, 0.15) is 11.5 Å². The van der Waals surface area contributed by atoms with Crippen LogP contribution in [0.3, 0.4) is 0 Å². The fraction of sp³-hybridized carbons (Fsp3) is 0.125. The van der Waals surface area contributed by atoms with Crippen molar-refractivity contribution in [1.29, 1.82) is 0 Å². The number of oxime groups is 1. The molecule has 10 nitrogen and oxygen atoms in total. The molecule has 0 bridgehead atoms. The molecule has 3 N–H and O–H groups in total. The Morgan fingerprint density at radius 1 is 0.674 bits per heavy atom. The standard InChI is InChI=1S/C32H28ClN7O3/c1-41-26-14-10-24(11-15-26)35-31-37-30(38-32(39-31)36-25-12-16-27(42-2)17-13-25)34-23-8-6-20(7-9-23)28-19-29(43-40-28)21-4-3-5-22(33)18-21/h3-18,29H,19H2,1-2H3,(H3,34,35,36,37,38,39). The van der Waals surface area contributed by atoms with Crippen LogP contribution >= 0.6 is 11.6 Å². The molecule has 0 radical (unpaired) electrons. The summed E-state index contributed by atoms with van der Waals surface area (Å²) in [6.45, 7) is 0. The summed E-state index contributed by atoms with van der Waals surface area (Å²) in [7, 11) is 3.26. The summed E-state index contributed by atoms with van der Waals surface area (Å²) in [5.41, 5.74) is 5.23. The Kier molecular flexibility index (Phi) is 8.19. The lowest BCUT2D eigenvalue weighted by atomic mass is 10.0. The molecule has 0 fully saturated rings. The maximum Gasteiger partial charge on any atom is 0.233 e. The Morgan fingerprint density at radius 3 is 1.63 bits per heavy atom. The quantitative estimate of drug-likeness (QED) is 0.150. The molecule has 2 heterocycles. The third-order valence-electron chi connectivity index (χ3n) is 6.69. The van der Waals surface area contributed by atoms with E-state index in [1.165, 1.54) is 0 Å². The van der Waals surface area contributed by atoms with Crippen LogP contribution in [0.25, 0.3) is 0 Å². The second kappa shape index (κ2) is 12.7. The molecule has 1 aliphatic heterocycles. The van der Waals surface area contributed by atoms with E-state index in [-0.39, 0.29) is 6.10 Å². The smallest absolute Gasteiger partial charge is 0.233 e. The summed E-state index contributed by atoms with van der Waals surface area (Å²) in [6.07, 6.45) is 0.492. The van der Waals surface area contributed by atoms with Gasteiger partial charge in [0.25, 0.3) is 0 Å². The van der Waals surface area contributed by atoms with Gasteiger partial charge < -0.3 is 30.3 Å². The molecule has 216 valence electrons. The molecule has 1 atom stereocenters. The van der Waals surface area contributed by atoms with Gasteiger partial charge in [-0.05, 0) is 83.9 Å². The predicted molar refractivity (Wildman–Crippen MR) is 169 cm³/mol. The first-order valence-corrected chi connectivity index (χ1v) is 13.9. The monoisotopic (exact) mass is 593 g/mol. The van der Waals surface area contributed by atoms with Gasteiger partial charge in [-0.25, -0.2) is 0 Å². The van der Waals surface area contributed by atoms with Crippen molar-refractivity contribution in [3.63, 3.8) is 0 Å². The fourth-order valence-corrected chi connectivity index (χ4v) is 4.66. The van der Waals surface area contributed by atoms with E-state index in [0.717, 1.165) is 45.4 Å². The molecule has 0 aliphatic carbocycles. The van der Waals surface area contributed by atoms with Crippen LogP contribution in [0.2, 0.25) is 5.02 Å². The van der Waals surface area contributed by atoms with Crippen LogP contribution < -0.4 is 25.4 Å². The number of nitrogens with zero attached hydrogens (tertiary/aromatic N) is 4. The highest BCUT2D eigenvalue weighted by Gasteiger charge is 2.24. The highest BCUT2D eigenvalue weighted by Crippen LogP contribution is 2.31. The minimum absolute atomic E-state index is 0.162. The lowest BCUT2D eigenvalue weighted by Gasteiger charge is -2.12. The number of hydrogen-bond acceptors (Lipinski definition) is 10. The van der Waals surface area contributed by atoms with Crippen molar-refractivity contribution in [1.82, 2.24) is 15.0 Å². The molecular weight excluding hydrogens is 566 g/mol. The zero-order valence-electron chi connectivity index (χ0n) is 23.4. The first-order valence-electron chi connectivity index (χ1n) is 13.5. The van der Waals surface area contributed by atoms with Crippen molar-refractivity contribution < 1.29 is 14.3 Å². The van der Waals surface area contributed by atoms with Crippen molar-refractivity contribution in [2.24, 2.45) is 5.16 Å². The van der Waals surface area contributed by atoms with Gasteiger partial charge in [0.2, 0.25) is 17.8 Å². The van der Waals surface area contributed by atoms with Crippen molar-refractivity contribution in [2.45, 2.75) is 12.5 Å². The van der Waals surface area contributed by atoms with Crippen LogP contribution in [0.15, 0.2) is 102 Å². The first kappa shape index (κ1) is 27.8. The lowest BCUT2D eigenvalue weighted by Crippen LogP contribution is -2.07. The highest BCUT2D eigenvalue weighted by atomic mass is 35.5. The number of halogens is 1. The molecule has 11 heteroatoms. The van der Waals surface area contributed by atoms with E-state index >= 15 is 0 Å². The number of anilines is 6. The van der Waals surface area contributed by atoms with Gasteiger partial charge in [0.05, 0.1) is 19.9 Å². The van der Waals surface area contributed by atoms with E-state index in [0.29, 0.717) is 29.3 Å². The number of benzene rings is 4. The molecule has 1 aliphatic rings. The Bertz CT molecular complexity index is 1660. The number of hydrogen-bond donors (Lipinski definition) is 3. The molecule has 0 saturated carbocycles. The normalized spacial score (nSPS) is 13.9. The van der Waals surface area contributed by atoms with Crippen LogP contribution in [-0.2, 0) is 4.84 Å². The van der Waals surface area contributed by atoms with E-state index in [4.69, 9.17) is 25.9 Å². The molecule has 1 unspecified atom stereocenters. The zero-order valence-corrected chi connectivity index (χ0v) is 24.2. The van der Waals surface area contributed by atoms with Crippen molar-refractivity contribution in [2.75, 3.05) is 30.2 Å². The second-order valence-corrected chi connectivity index (χ2v) is 10.0. The average Bonchev–Trinajstić information content (AvgIpc) is 3.53. The Morgan fingerprint density at radius 2 is 1.16 bits per heavy atom. The van der Waals surface area contributed by atoms with E-state index in [2.05, 4.69) is 36.1 Å². The van der Waals surface area contributed by atoms with E-state index in [9.17, 15) is 0 Å². The number of methoxy groups -OCH3 is 2. The largest absolute Gasteiger partial charge is 0.497 e. The summed E-state index contributed by atoms with van der Waals surface area (Å²) >= 11 is 6.15. The van der Waals surface area contributed by atoms with Gasteiger partial charge in [-0.1, -0.05) is 41.0 Å². The molecule has 0 spiro atoms. The van der Waals surface area contributed by atoms with Gasteiger partial charge in [0, 0.05) is 28.5 Å². The summed E-state index contributed by atoms with van der Waals surface area (Å²) in [4.78, 5) is 19.5. The second-order valence-electron chi connectivity index (χ2n) is 9.61. The molecule has 0 amide bonds. The predicted octanol–water partition coefficient (Wildman–Crippen LogP) is 7.64. The molecule has 5 aromatic rings. The van der Waals surface area contributed by atoms with Crippen molar-refractivity contribution >= 4 is 52.2 Å². The van der Waals surface area contributed by atoms with Gasteiger partial charge in [0.15, 0.2) is 6.10 Å². The van der Waals surface area contributed by atoms with Crippen LogP contribution in [0.5, 0.6) is 11.5 Å². The van der Waals surface area contributed by atoms with Crippen LogP contribution in [-0.4, -0.2) is 34.9 Å². The minimum Gasteiger partial charge on any atom is -0.497 e. The van der Waals surface area contributed by atoms with Gasteiger partial charge in [-0.15, -0.1) is 0 Å². The third-order valence-corrected chi connectivity index (χ3v) is 6.93. The fourth-order valence-electron chi connectivity index (χ4n) is 4.46. The minimum atomic E-state index is -0.162. The van der Waals surface area contributed by atoms with Gasteiger partial charge in [-0.2, -0.15) is 15.0 Å². The van der Waals surface area contributed by atoms with Gasteiger partial charge >= 0.3 is 0 Å².